The monoisotopic (exact) mass is 210 g/mol. The number of nitrogens with one attached hydrogen (secondary N) is 1. The first kappa shape index (κ1) is 9.97. The van der Waals surface area contributed by atoms with Crippen molar-refractivity contribution in [3.05, 3.63) is 34.3 Å². The Morgan fingerprint density at radius 2 is 2.29 bits per heavy atom. The molecule has 2 rings (SSSR count). The van der Waals surface area contributed by atoms with Gasteiger partial charge in [0.15, 0.2) is 0 Å². The normalized spacial score (nSPS) is 26.8. The highest BCUT2D eigenvalue weighted by atomic mass is 35.5. The number of hydrogen-bond donors (Lipinski definition) is 2. The molecule has 1 aliphatic rings. The summed E-state index contributed by atoms with van der Waals surface area (Å²) in [6.45, 7) is 3.86. The average Bonchev–Trinajstić information content (AvgIpc) is 2.58. The van der Waals surface area contributed by atoms with Crippen LogP contribution in [0.2, 0.25) is 5.02 Å². The number of rotatable bonds is 1. The van der Waals surface area contributed by atoms with Gasteiger partial charge in [-0.1, -0.05) is 23.7 Å². The quantitative estimate of drug-likeness (QED) is 0.742. The number of halogens is 1. The third-order valence-corrected chi connectivity index (χ3v) is 3.40. The molecule has 1 aromatic carbocycles. The minimum Gasteiger partial charge on any atom is -0.320 e. The van der Waals surface area contributed by atoms with Crippen LogP contribution in [0.5, 0.6) is 0 Å². The van der Waals surface area contributed by atoms with Crippen molar-refractivity contribution in [1.29, 1.82) is 0 Å². The summed E-state index contributed by atoms with van der Waals surface area (Å²) in [4.78, 5) is 0. The molecule has 1 heterocycles. The third-order valence-electron chi connectivity index (χ3n) is 2.99. The van der Waals surface area contributed by atoms with Crippen LogP contribution < -0.4 is 11.1 Å². The maximum absolute atomic E-state index is 6.33. The van der Waals surface area contributed by atoms with Crippen LogP contribution in [0.1, 0.15) is 17.5 Å². The van der Waals surface area contributed by atoms with Gasteiger partial charge in [0, 0.05) is 11.6 Å². The first-order valence-corrected chi connectivity index (χ1v) is 5.26. The summed E-state index contributed by atoms with van der Waals surface area (Å²) in [5.74, 6) is 0. The number of benzene rings is 1. The Labute approximate surface area is 89.4 Å². The van der Waals surface area contributed by atoms with Gasteiger partial charge in [-0.3, -0.25) is 0 Å². The molecule has 3 N–H and O–H groups in total. The summed E-state index contributed by atoms with van der Waals surface area (Å²) in [6, 6.07) is 5.96. The van der Waals surface area contributed by atoms with Gasteiger partial charge in [-0.15, -0.1) is 0 Å². The highest BCUT2D eigenvalue weighted by molar-refractivity contribution is 6.31. The fraction of sp³-hybridized carbons (Fsp3) is 0.455. The predicted molar refractivity (Wildman–Crippen MR) is 59.5 cm³/mol. The summed E-state index contributed by atoms with van der Waals surface area (Å²) in [5.41, 5.74) is 8.39. The van der Waals surface area contributed by atoms with E-state index in [0.29, 0.717) is 0 Å². The molecule has 0 bridgehead atoms. The zero-order valence-corrected chi connectivity index (χ0v) is 9.06. The van der Waals surface area contributed by atoms with Crippen LogP contribution >= 0.6 is 11.6 Å². The van der Waals surface area contributed by atoms with Crippen LogP contribution in [0.3, 0.4) is 0 Å². The zero-order chi connectivity index (χ0) is 10.2. The maximum Gasteiger partial charge on any atom is 0.0551 e. The van der Waals surface area contributed by atoms with Gasteiger partial charge >= 0.3 is 0 Å². The van der Waals surface area contributed by atoms with Crippen molar-refractivity contribution in [3.63, 3.8) is 0 Å². The lowest BCUT2D eigenvalue weighted by molar-refractivity contribution is 0.491. The van der Waals surface area contributed by atoms with Crippen LogP contribution in [-0.4, -0.2) is 13.1 Å². The van der Waals surface area contributed by atoms with E-state index in [1.165, 1.54) is 5.56 Å². The SMILES string of the molecule is Cc1c(Cl)cccc1C1(N)CCNC1. The molecule has 1 atom stereocenters. The van der Waals surface area contributed by atoms with Gasteiger partial charge in [-0.05, 0) is 37.1 Å². The molecule has 3 heteroatoms. The lowest BCUT2D eigenvalue weighted by atomic mass is 9.87. The van der Waals surface area contributed by atoms with Gasteiger partial charge in [0.2, 0.25) is 0 Å². The summed E-state index contributed by atoms with van der Waals surface area (Å²) in [6.07, 6.45) is 0.980. The van der Waals surface area contributed by atoms with Crippen molar-refractivity contribution >= 4 is 11.6 Å². The van der Waals surface area contributed by atoms with Crippen molar-refractivity contribution in [2.45, 2.75) is 18.9 Å². The average molecular weight is 211 g/mol. The smallest absolute Gasteiger partial charge is 0.0551 e. The molecule has 0 radical (unpaired) electrons. The molecular weight excluding hydrogens is 196 g/mol. The molecule has 1 saturated heterocycles. The van der Waals surface area contributed by atoms with Crippen LogP contribution in [0.4, 0.5) is 0 Å². The Balaban J connectivity index is 2.45. The minimum atomic E-state index is -0.227. The van der Waals surface area contributed by atoms with Gasteiger partial charge in [0.1, 0.15) is 0 Å². The first-order valence-electron chi connectivity index (χ1n) is 4.89. The molecule has 0 amide bonds. The number of hydrogen-bond acceptors (Lipinski definition) is 2. The predicted octanol–water partition coefficient (Wildman–Crippen LogP) is 1.80. The highest BCUT2D eigenvalue weighted by Crippen LogP contribution is 2.30. The molecule has 0 saturated carbocycles. The van der Waals surface area contributed by atoms with E-state index in [1.54, 1.807) is 0 Å². The molecule has 2 nitrogen and oxygen atoms in total. The largest absolute Gasteiger partial charge is 0.320 e. The van der Waals surface area contributed by atoms with E-state index in [4.69, 9.17) is 17.3 Å². The summed E-state index contributed by atoms with van der Waals surface area (Å²) in [7, 11) is 0. The van der Waals surface area contributed by atoms with Gasteiger partial charge in [0.05, 0.1) is 5.54 Å². The highest BCUT2D eigenvalue weighted by Gasteiger charge is 2.32. The maximum atomic E-state index is 6.33. The Morgan fingerprint density at radius 1 is 1.50 bits per heavy atom. The Morgan fingerprint density at radius 3 is 2.93 bits per heavy atom. The van der Waals surface area contributed by atoms with Gasteiger partial charge < -0.3 is 11.1 Å². The second-order valence-electron chi connectivity index (χ2n) is 4.00. The molecule has 0 aliphatic carbocycles. The van der Waals surface area contributed by atoms with Gasteiger partial charge in [-0.25, -0.2) is 0 Å². The Kier molecular flexibility index (Phi) is 2.52. The number of nitrogens with two attached hydrogens (primary N) is 1. The molecule has 1 aliphatic heterocycles. The van der Waals surface area contributed by atoms with Crippen LogP contribution in [-0.2, 0) is 5.54 Å². The molecular formula is C11H15ClN2. The second kappa shape index (κ2) is 3.54. The molecule has 1 unspecified atom stereocenters. The van der Waals surface area contributed by atoms with E-state index < -0.39 is 0 Å². The van der Waals surface area contributed by atoms with Crippen molar-refractivity contribution in [1.82, 2.24) is 5.32 Å². The van der Waals surface area contributed by atoms with Crippen molar-refractivity contribution in [3.8, 4) is 0 Å². The lowest BCUT2D eigenvalue weighted by Gasteiger charge is -2.25. The van der Waals surface area contributed by atoms with E-state index in [1.807, 2.05) is 19.1 Å². The van der Waals surface area contributed by atoms with E-state index in [-0.39, 0.29) is 5.54 Å². The van der Waals surface area contributed by atoms with Crippen LogP contribution in [0.25, 0.3) is 0 Å². The lowest BCUT2D eigenvalue weighted by Crippen LogP contribution is -2.39. The first-order chi connectivity index (χ1) is 6.63. The molecule has 1 aromatic rings. The fourth-order valence-corrected chi connectivity index (χ4v) is 2.26. The van der Waals surface area contributed by atoms with E-state index in [2.05, 4.69) is 11.4 Å². The summed E-state index contributed by atoms with van der Waals surface area (Å²) < 4.78 is 0. The molecule has 14 heavy (non-hydrogen) atoms. The summed E-state index contributed by atoms with van der Waals surface area (Å²) >= 11 is 6.08. The minimum absolute atomic E-state index is 0.227. The van der Waals surface area contributed by atoms with Crippen molar-refractivity contribution in [2.75, 3.05) is 13.1 Å². The Bertz CT molecular complexity index is 343. The zero-order valence-electron chi connectivity index (χ0n) is 8.31. The molecule has 0 spiro atoms. The van der Waals surface area contributed by atoms with Gasteiger partial charge in [-0.2, -0.15) is 0 Å². The third kappa shape index (κ3) is 1.54. The summed E-state index contributed by atoms with van der Waals surface area (Å²) in [5, 5.41) is 4.09. The van der Waals surface area contributed by atoms with E-state index in [9.17, 15) is 0 Å². The van der Waals surface area contributed by atoms with Crippen molar-refractivity contribution in [2.24, 2.45) is 5.73 Å². The van der Waals surface area contributed by atoms with E-state index >= 15 is 0 Å². The van der Waals surface area contributed by atoms with Crippen LogP contribution in [0, 0.1) is 6.92 Å². The van der Waals surface area contributed by atoms with Gasteiger partial charge in [0.25, 0.3) is 0 Å². The molecule has 0 aromatic heterocycles. The molecule has 1 fully saturated rings. The second-order valence-corrected chi connectivity index (χ2v) is 4.40. The Hall–Kier alpha value is -0.570. The topological polar surface area (TPSA) is 38.0 Å². The fourth-order valence-electron chi connectivity index (χ4n) is 2.09. The standard InChI is InChI=1S/C11H15ClN2/c1-8-9(3-2-4-10(8)12)11(13)5-6-14-7-11/h2-4,14H,5-7,13H2,1H3. The molecule has 76 valence electrons. The van der Waals surface area contributed by atoms with Crippen LogP contribution in [0.15, 0.2) is 18.2 Å². The van der Waals surface area contributed by atoms with E-state index in [0.717, 1.165) is 30.1 Å². The van der Waals surface area contributed by atoms with Crippen molar-refractivity contribution < 1.29 is 0 Å².